The second-order valence-electron chi connectivity index (χ2n) is 6.39. The van der Waals surface area contributed by atoms with Gasteiger partial charge in [-0.15, -0.1) is 6.58 Å². The van der Waals surface area contributed by atoms with Crippen LogP contribution in [0.3, 0.4) is 0 Å². The summed E-state index contributed by atoms with van der Waals surface area (Å²) in [5, 5.41) is 0.667. The fourth-order valence-corrected chi connectivity index (χ4v) is 3.22. The van der Waals surface area contributed by atoms with Crippen molar-refractivity contribution in [3.63, 3.8) is 0 Å². The standard InChI is InChI=1S/C20H23NO5/c1-3-11-25-13-14-7-9-21(10-8-14)19(22)16-12-15-5-4-6-17(24-2)18(15)26-20(16)23/h3-6,12,14H,1,7-11,13H2,2H3. The van der Waals surface area contributed by atoms with Gasteiger partial charge in [-0.2, -0.15) is 0 Å². The molecular formula is C20H23NO5. The topological polar surface area (TPSA) is 69.0 Å². The number of benzene rings is 1. The smallest absolute Gasteiger partial charge is 0.349 e. The maximum atomic E-state index is 12.8. The first kappa shape index (κ1) is 18.2. The zero-order valence-corrected chi connectivity index (χ0v) is 14.9. The molecule has 0 spiro atoms. The van der Waals surface area contributed by atoms with Crippen molar-refractivity contribution in [2.75, 3.05) is 33.4 Å². The maximum absolute atomic E-state index is 12.8. The van der Waals surface area contributed by atoms with Crippen LogP contribution in [0, 0.1) is 5.92 Å². The lowest BCUT2D eigenvalue weighted by Gasteiger charge is -2.31. The van der Waals surface area contributed by atoms with Crippen LogP contribution < -0.4 is 10.4 Å². The minimum atomic E-state index is -0.636. The average molecular weight is 357 g/mol. The van der Waals surface area contributed by atoms with E-state index in [1.54, 1.807) is 35.2 Å². The average Bonchev–Trinajstić information content (AvgIpc) is 2.67. The number of carbonyl (C=O) groups excluding carboxylic acids is 1. The molecule has 1 aromatic heterocycles. The summed E-state index contributed by atoms with van der Waals surface area (Å²) in [4.78, 5) is 26.8. The number of rotatable bonds is 6. The van der Waals surface area contributed by atoms with Gasteiger partial charge in [0.25, 0.3) is 5.91 Å². The summed E-state index contributed by atoms with van der Waals surface area (Å²) in [6.07, 6.45) is 3.44. The molecule has 3 rings (SSSR count). The van der Waals surface area contributed by atoms with Gasteiger partial charge in [-0.05, 0) is 30.9 Å². The summed E-state index contributed by atoms with van der Waals surface area (Å²) in [6, 6.07) is 6.89. The first-order valence-corrected chi connectivity index (χ1v) is 8.72. The highest BCUT2D eigenvalue weighted by Gasteiger charge is 2.26. The van der Waals surface area contributed by atoms with Crippen molar-refractivity contribution < 1.29 is 18.7 Å². The molecule has 6 heteroatoms. The van der Waals surface area contributed by atoms with E-state index in [-0.39, 0.29) is 11.5 Å². The first-order valence-electron chi connectivity index (χ1n) is 8.72. The number of hydrogen-bond acceptors (Lipinski definition) is 5. The number of hydrogen-bond donors (Lipinski definition) is 0. The van der Waals surface area contributed by atoms with Crippen molar-refractivity contribution in [1.82, 2.24) is 4.90 Å². The molecule has 26 heavy (non-hydrogen) atoms. The molecule has 2 heterocycles. The van der Waals surface area contributed by atoms with E-state index in [9.17, 15) is 9.59 Å². The molecule has 1 aromatic carbocycles. The number of ether oxygens (including phenoxy) is 2. The second-order valence-corrected chi connectivity index (χ2v) is 6.39. The van der Waals surface area contributed by atoms with E-state index in [4.69, 9.17) is 13.9 Å². The van der Waals surface area contributed by atoms with Gasteiger partial charge < -0.3 is 18.8 Å². The van der Waals surface area contributed by atoms with Crippen molar-refractivity contribution >= 4 is 16.9 Å². The van der Waals surface area contributed by atoms with Crippen LogP contribution in [-0.4, -0.2) is 44.2 Å². The monoisotopic (exact) mass is 357 g/mol. The van der Waals surface area contributed by atoms with Crippen LogP contribution in [-0.2, 0) is 4.74 Å². The molecular weight excluding hydrogens is 334 g/mol. The summed E-state index contributed by atoms with van der Waals surface area (Å²) in [5.74, 6) is 0.615. The SMILES string of the molecule is C=CCOCC1CCN(C(=O)c2cc3cccc(OC)c3oc2=O)CC1. The van der Waals surface area contributed by atoms with E-state index < -0.39 is 5.63 Å². The number of nitrogens with zero attached hydrogens (tertiary/aromatic N) is 1. The second kappa shape index (κ2) is 8.19. The van der Waals surface area contributed by atoms with Gasteiger partial charge in [-0.3, -0.25) is 4.79 Å². The first-order chi connectivity index (χ1) is 12.6. The molecule has 0 aliphatic carbocycles. The molecule has 1 aliphatic heterocycles. The van der Waals surface area contributed by atoms with Crippen LogP contribution in [0.2, 0.25) is 0 Å². The van der Waals surface area contributed by atoms with E-state index in [1.807, 2.05) is 0 Å². The highest BCUT2D eigenvalue weighted by molar-refractivity contribution is 5.97. The lowest BCUT2D eigenvalue weighted by atomic mass is 9.97. The summed E-state index contributed by atoms with van der Waals surface area (Å²) < 4.78 is 16.1. The Bertz CT molecular complexity index is 849. The van der Waals surface area contributed by atoms with Gasteiger partial charge in [-0.25, -0.2) is 4.79 Å². The highest BCUT2D eigenvalue weighted by atomic mass is 16.5. The molecule has 0 radical (unpaired) electrons. The quantitative estimate of drug-likeness (QED) is 0.452. The van der Waals surface area contributed by atoms with Gasteiger partial charge in [0.05, 0.1) is 13.7 Å². The van der Waals surface area contributed by atoms with Gasteiger partial charge in [-0.1, -0.05) is 18.2 Å². The Balaban J connectivity index is 1.73. The molecule has 0 N–H and O–H groups in total. The van der Waals surface area contributed by atoms with Crippen LogP contribution in [0.4, 0.5) is 0 Å². The van der Waals surface area contributed by atoms with Crippen LogP contribution in [0.1, 0.15) is 23.2 Å². The molecule has 138 valence electrons. The number of amides is 1. The van der Waals surface area contributed by atoms with Crippen LogP contribution >= 0.6 is 0 Å². The Morgan fingerprint density at radius 1 is 1.38 bits per heavy atom. The van der Waals surface area contributed by atoms with Crippen molar-refractivity contribution in [1.29, 1.82) is 0 Å². The minimum Gasteiger partial charge on any atom is -0.493 e. The third-order valence-corrected chi connectivity index (χ3v) is 4.67. The fourth-order valence-electron chi connectivity index (χ4n) is 3.22. The number of carbonyl (C=O) groups is 1. The van der Waals surface area contributed by atoms with Crippen molar-refractivity contribution in [2.45, 2.75) is 12.8 Å². The van der Waals surface area contributed by atoms with Crippen molar-refractivity contribution in [2.24, 2.45) is 5.92 Å². The molecule has 6 nitrogen and oxygen atoms in total. The largest absolute Gasteiger partial charge is 0.493 e. The van der Waals surface area contributed by atoms with Crippen molar-refractivity contribution in [3.8, 4) is 5.75 Å². The Kier molecular flexibility index (Phi) is 5.73. The van der Waals surface area contributed by atoms with Crippen molar-refractivity contribution in [3.05, 3.63) is 52.9 Å². The lowest BCUT2D eigenvalue weighted by molar-refractivity contribution is 0.0572. The molecule has 1 aliphatic rings. The molecule has 0 atom stereocenters. The zero-order valence-electron chi connectivity index (χ0n) is 14.9. The van der Waals surface area contributed by atoms with Gasteiger partial charge in [0, 0.05) is 25.1 Å². The van der Waals surface area contributed by atoms with E-state index in [1.165, 1.54) is 7.11 Å². The third kappa shape index (κ3) is 3.80. The van der Waals surface area contributed by atoms with Crippen LogP contribution in [0.5, 0.6) is 5.75 Å². The third-order valence-electron chi connectivity index (χ3n) is 4.67. The number of likely N-dealkylation sites (tertiary alicyclic amines) is 1. The van der Waals surface area contributed by atoms with E-state index in [0.717, 1.165) is 12.8 Å². The number of piperidine rings is 1. The number of methoxy groups -OCH3 is 1. The predicted molar refractivity (Wildman–Crippen MR) is 98.7 cm³/mol. The minimum absolute atomic E-state index is 0.0621. The van der Waals surface area contributed by atoms with Gasteiger partial charge in [0.15, 0.2) is 11.3 Å². The van der Waals surface area contributed by atoms with Crippen LogP contribution in [0.25, 0.3) is 11.0 Å². The molecule has 0 bridgehead atoms. The Hall–Kier alpha value is -2.60. The molecule has 0 unspecified atom stereocenters. The number of para-hydroxylation sites is 1. The van der Waals surface area contributed by atoms with Gasteiger partial charge in [0.2, 0.25) is 0 Å². The van der Waals surface area contributed by atoms with Gasteiger partial charge in [0.1, 0.15) is 5.56 Å². The normalized spacial score (nSPS) is 15.2. The summed E-state index contributed by atoms with van der Waals surface area (Å²) >= 11 is 0. The predicted octanol–water partition coefficient (Wildman–Crippen LogP) is 2.86. The van der Waals surface area contributed by atoms with E-state index in [2.05, 4.69) is 6.58 Å². The van der Waals surface area contributed by atoms with Crippen LogP contribution in [0.15, 0.2) is 46.1 Å². The Morgan fingerprint density at radius 3 is 2.85 bits per heavy atom. The molecule has 1 saturated heterocycles. The highest BCUT2D eigenvalue weighted by Crippen LogP contribution is 2.25. The lowest BCUT2D eigenvalue weighted by Crippen LogP contribution is -2.41. The molecule has 0 saturated carbocycles. The van der Waals surface area contributed by atoms with E-state index >= 15 is 0 Å². The summed E-state index contributed by atoms with van der Waals surface area (Å²) in [6.45, 7) is 6.06. The van der Waals surface area contributed by atoms with Gasteiger partial charge >= 0.3 is 5.63 Å². The Labute approximate surface area is 152 Å². The molecule has 1 fully saturated rings. The maximum Gasteiger partial charge on any atom is 0.349 e. The molecule has 2 aromatic rings. The molecule has 1 amide bonds. The Morgan fingerprint density at radius 2 is 2.15 bits per heavy atom. The summed E-state index contributed by atoms with van der Waals surface area (Å²) in [7, 11) is 1.51. The fraction of sp³-hybridized carbons (Fsp3) is 0.400. The zero-order chi connectivity index (χ0) is 18.5. The summed E-state index contributed by atoms with van der Waals surface area (Å²) in [5.41, 5.74) is -0.217. The number of fused-ring (bicyclic) bond motifs is 1. The van der Waals surface area contributed by atoms with E-state index in [0.29, 0.717) is 48.9 Å².